The summed E-state index contributed by atoms with van der Waals surface area (Å²) < 4.78 is 0. The zero-order valence-electron chi connectivity index (χ0n) is 8.09. The number of phenolic OH excluding ortho intramolecular Hbond substituents is 1. The number of benzene rings is 1. The third kappa shape index (κ3) is 2.03. The van der Waals surface area contributed by atoms with Crippen molar-refractivity contribution in [1.82, 2.24) is 0 Å². The van der Waals surface area contributed by atoms with Gasteiger partial charge in [0.25, 0.3) is 0 Å². The molecule has 0 bridgehead atoms. The Kier molecular flexibility index (Phi) is 2.26. The number of hydrogen-bond donors (Lipinski definition) is 1. The van der Waals surface area contributed by atoms with E-state index in [-0.39, 0.29) is 0 Å². The Hall–Kier alpha value is -0.980. The molecule has 0 aromatic heterocycles. The summed E-state index contributed by atoms with van der Waals surface area (Å²) in [5, 5.41) is 9.62. The number of rotatable bonds is 3. The molecule has 1 N–H and O–H groups in total. The molecule has 0 aliphatic heterocycles. The van der Waals surface area contributed by atoms with Gasteiger partial charge >= 0.3 is 0 Å². The van der Waals surface area contributed by atoms with Gasteiger partial charge in [0.05, 0.1) is 0 Å². The highest BCUT2D eigenvalue weighted by Crippen LogP contribution is 2.33. The molecule has 0 amide bonds. The molecular formula is C12H16O. The minimum Gasteiger partial charge on any atom is -0.508 e. The van der Waals surface area contributed by atoms with Crippen LogP contribution in [0.2, 0.25) is 0 Å². The Labute approximate surface area is 79.4 Å². The predicted octanol–water partition coefficient (Wildman–Crippen LogP) is 2.91. The van der Waals surface area contributed by atoms with Crippen molar-refractivity contribution in [2.45, 2.75) is 32.6 Å². The first kappa shape index (κ1) is 8.61. The Morgan fingerprint density at radius 2 is 2.15 bits per heavy atom. The third-order valence-corrected chi connectivity index (χ3v) is 2.75. The van der Waals surface area contributed by atoms with Crippen molar-refractivity contribution in [3.63, 3.8) is 0 Å². The van der Waals surface area contributed by atoms with Crippen LogP contribution in [-0.2, 0) is 12.8 Å². The lowest BCUT2D eigenvalue weighted by Gasteiger charge is -2.04. The molecule has 0 heterocycles. The van der Waals surface area contributed by atoms with Gasteiger partial charge in [0.2, 0.25) is 0 Å². The van der Waals surface area contributed by atoms with Gasteiger partial charge in [-0.1, -0.05) is 19.1 Å². The van der Waals surface area contributed by atoms with Gasteiger partial charge < -0.3 is 5.11 Å². The second-order valence-electron chi connectivity index (χ2n) is 3.96. The molecule has 1 aromatic carbocycles. The fourth-order valence-corrected chi connectivity index (χ4v) is 1.69. The number of phenols is 1. The van der Waals surface area contributed by atoms with Gasteiger partial charge in [-0.25, -0.2) is 0 Å². The Bertz CT molecular complexity index is 300. The molecule has 0 saturated heterocycles. The molecule has 0 spiro atoms. The number of aryl methyl sites for hydroxylation is 1. The summed E-state index contributed by atoms with van der Waals surface area (Å²) in [6.45, 7) is 2.07. The predicted molar refractivity (Wildman–Crippen MR) is 53.9 cm³/mol. The monoisotopic (exact) mass is 176 g/mol. The van der Waals surface area contributed by atoms with Gasteiger partial charge in [0.15, 0.2) is 0 Å². The maximum absolute atomic E-state index is 9.62. The molecule has 1 aromatic rings. The Morgan fingerprint density at radius 3 is 2.69 bits per heavy atom. The van der Waals surface area contributed by atoms with E-state index in [1.165, 1.54) is 18.4 Å². The standard InChI is InChI=1S/C12H16O/c1-2-11-6-5-10(8-12(11)13)7-9-3-4-9/h5-6,8-9,13H,2-4,7H2,1H3. The van der Waals surface area contributed by atoms with Gasteiger partial charge in [-0.15, -0.1) is 0 Å². The number of aromatic hydroxyl groups is 1. The van der Waals surface area contributed by atoms with Crippen LogP contribution in [0.5, 0.6) is 5.75 Å². The van der Waals surface area contributed by atoms with Crippen LogP contribution in [0.25, 0.3) is 0 Å². The summed E-state index contributed by atoms with van der Waals surface area (Å²) in [6.07, 6.45) is 4.81. The van der Waals surface area contributed by atoms with Crippen LogP contribution in [-0.4, -0.2) is 5.11 Å². The SMILES string of the molecule is CCc1ccc(CC2CC2)cc1O. The smallest absolute Gasteiger partial charge is 0.119 e. The van der Waals surface area contributed by atoms with Crippen molar-refractivity contribution in [3.05, 3.63) is 29.3 Å². The maximum Gasteiger partial charge on any atom is 0.119 e. The fourth-order valence-electron chi connectivity index (χ4n) is 1.69. The molecule has 1 fully saturated rings. The van der Waals surface area contributed by atoms with Crippen LogP contribution in [0, 0.1) is 5.92 Å². The molecule has 0 atom stereocenters. The average Bonchev–Trinajstić information content (AvgIpc) is 2.89. The molecule has 1 saturated carbocycles. The van der Waals surface area contributed by atoms with Crippen molar-refractivity contribution in [1.29, 1.82) is 0 Å². The Morgan fingerprint density at radius 1 is 1.38 bits per heavy atom. The highest BCUT2D eigenvalue weighted by atomic mass is 16.3. The summed E-state index contributed by atoms with van der Waals surface area (Å²) in [5.41, 5.74) is 2.34. The lowest BCUT2D eigenvalue weighted by atomic mass is 10.0. The van der Waals surface area contributed by atoms with E-state index in [2.05, 4.69) is 13.0 Å². The van der Waals surface area contributed by atoms with E-state index in [0.717, 1.165) is 24.3 Å². The summed E-state index contributed by atoms with van der Waals surface area (Å²) >= 11 is 0. The molecule has 1 aliphatic carbocycles. The van der Waals surface area contributed by atoms with Gasteiger partial charge in [-0.3, -0.25) is 0 Å². The van der Waals surface area contributed by atoms with E-state index in [1.807, 2.05) is 12.1 Å². The van der Waals surface area contributed by atoms with Crippen LogP contribution < -0.4 is 0 Å². The summed E-state index contributed by atoms with van der Waals surface area (Å²) in [7, 11) is 0. The van der Waals surface area contributed by atoms with Gasteiger partial charge in [0.1, 0.15) is 5.75 Å². The van der Waals surface area contributed by atoms with Gasteiger partial charge in [0, 0.05) is 0 Å². The van der Waals surface area contributed by atoms with E-state index in [9.17, 15) is 5.11 Å². The van der Waals surface area contributed by atoms with Crippen molar-refractivity contribution >= 4 is 0 Å². The van der Waals surface area contributed by atoms with E-state index in [1.54, 1.807) is 0 Å². The molecule has 1 heteroatoms. The average molecular weight is 176 g/mol. The van der Waals surface area contributed by atoms with Crippen LogP contribution in [0.3, 0.4) is 0 Å². The van der Waals surface area contributed by atoms with Gasteiger partial charge in [-0.2, -0.15) is 0 Å². The second-order valence-corrected chi connectivity index (χ2v) is 3.96. The lowest BCUT2D eigenvalue weighted by Crippen LogP contribution is -1.89. The summed E-state index contributed by atoms with van der Waals surface area (Å²) in [5.74, 6) is 1.37. The first-order chi connectivity index (χ1) is 6.29. The summed E-state index contributed by atoms with van der Waals surface area (Å²) in [4.78, 5) is 0. The zero-order valence-corrected chi connectivity index (χ0v) is 8.09. The van der Waals surface area contributed by atoms with Gasteiger partial charge in [-0.05, 0) is 48.8 Å². The van der Waals surface area contributed by atoms with Crippen LogP contribution in [0.1, 0.15) is 30.9 Å². The first-order valence-corrected chi connectivity index (χ1v) is 5.10. The molecule has 1 aliphatic rings. The molecule has 0 unspecified atom stereocenters. The minimum atomic E-state index is 0.473. The molecule has 1 nitrogen and oxygen atoms in total. The van der Waals surface area contributed by atoms with Crippen molar-refractivity contribution in [3.8, 4) is 5.75 Å². The number of hydrogen-bond acceptors (Lipinski definition) is 1. The van der Waals surface area contributed by atoms with E-state index in [0.29, 0.717) is 5.75 Å². The van der Waals surface area contributed by atoms with E-state index in [4.69, 9.17) is 0 Å². The normalized spacial score (nSPS) is 16.1. The minimum absolute atomic E-state index is 0.473. The maximum atomic E-state index is 9.62. The van der Waals surface area contributed by atoms with Crippen molar-refractivity contribution < 1.29 is 5.11 Å². The Balaban J connectivity index is 2.13. The van der Waals surface area contributed by atoms with E-state index >= 15 is 0 Å². The largest absolute Gasteiger partial charge is 0.508 e. The molecule has 0 radical (unpaired) electrons. The highest BCUT2D eigenvalue weighted by Gasteiger charge is 2.21. The zero-order chi connectivity index (χ0) is 9.26. The third-order valence-electron chi connectivity index (χ3n) is 2.75. The van der Waals surface area contributed by atoms with Crippen molar-refractivity contribution in [2.75, 3.05) is 0 Å². The molecule has 70 valence electrons. The summed E-state index contributed by atoms with van der Waals surface area (Å²) in [6, 6.07) is 6.13. The lowest BCUT2D eigenvalue weighted by molar-refractivity contribution is 0.468. The van der Waals surface area contributed by atoms with Crippen LogP contribution in [0.4, 0.5) is 0 Å². The molecule has 2 rings (SSSR count). The van der Waals surface area contributed by atoms with Crippen molar-refractivity contribution in [2.24, 2.45) is 5.92 Å². The first-order valence-electron chi connectivity index (χ1n) is 5.10. The van der Waals surface area contributed by atoms with Crippen LogP contribution >= 0.6 is 0 Å². The highest BCUT2D eigenvalue weighted by molar-refractivity contribution is 5.36. The topological polar surface area (TPSA) is 20.2 Å². The fraction of sp³-hybridized carbons (Fsp3) is 0.500. The molecule has 13 heavy (non-hydrogen) atoms. The van der Waals surface area contributed by atoms with E-state index < -0.39 is 0 Å². The molecular weight excluding hydrogens is 160 g/mol. The second kappa shape index (κ2) is 3.41. The van der Waals surface area contributed by atoms with Crippen LogP contribution in [0.15, 0.2) is 18.2 Å². The quantitative estimate of drug-likeness (QED) is 0.750.